The first kappa shape index (κ1) is 16.8. The van der Waals surface area contributed by atoms with Crippen molar-refractivity contribution in [1.29, 1.82) is 0 Å². The van der Waals surface area contributed by atoms with Crippen LogP contribution in [0, 0.1) is 5.92 Å². The number of aromatic nitrogens is 2. The molecule has 6 heteroatoms. The molecule has 1 aliphatic heterocycles. The average molecular weight is 347 g/mol. The van der Waals surface area contributed by atoms with Crippen LogP contribution < -0.4 is 10.2 Å². The molecule has 0 bridgehead atoms. The van der Waals surface area contributed by atoms with Crippen LogP contribution in [0.25, 0.3) is 0 Å². The Labute approximate surface area is 147 Å². The number of halogens is 1. The number of carbonyl (C=O) groups excluding carboxylic acids is 1. The van der Waals surface area contributed by atoms with Crippen LogP contribution in [0.1, 0.15) is 19.3 Å². The van der Waals surface area contributed by atoms with E-state index in [0.717, 1.165) is 49.6 Å². The molecule has 1 saturated heterocycles. The van der Waals surface area contributed by atoms with Crippen LogP contribution in [-0.4, -0.2) is 35.1 Å². The molecule has 1 N–H and O–H groups in total. The third-order valence-electron chi connectivity index (χ3n) is 4.49. The summed E-state index contributed by atoms with van der Waals surface area (Å²) in [5, 5.41) is 3.82. The number of anilines is 1. The summed E-state index contributed by atoms with van der Waals surface area (Å²) in [7, 11) is 0. The summed E-state index contributed by atoms with van der Waals surface area (Å²) in [6.07, 6.45) is 8.20. The summed E-state index contributed by atoms with van der Waals surface area (Å²) in [4.78, 5) is 18.6. The number of nitrogens with one attached hydrogen (secondary N) is 1. The molecule has 2 heterocycles. The number of rotatable bonds is 6. The first-order valence-electron chi connectivity index (χ1n) is 8.46. The number of amides is 1. The molecule has 0 aliphatic carbocycles. The Morgan fingerprint density at radius 3 is 2.88 bits per heavy atom. The van der Waals surface area contributed by atoms with Gasteiger partial charge < -0.3 is 14.8 Å². The predicted molar refractivity (Wildman–Crippen MR) is 96.2 cm³/mol. The van der Waals surface area contributed by atoms with E-state index in [2.05, 4.69) is 21.3 Å². The zero-order valence-electron chi connectivity index (χ0n) is 13.7. The Hall–Kier alpha value is -2.01. The van der Waals surface area contributed by atoms with Gasteiger partial charge in [0, 0.05) is 55.2 Å². The maximum absolute atomic E-state index is 12.3. The number of hydrogen-bond donors (Lipinski definition) is 1. The van der Waals surface area contributed by atoms with Crippen LogP contribution >= 0.6 is 11.6 Å². The number of hydrogen-bond acceptors (Lipinski definition) is 3. The number of imidazole rings is 1. The number of piperidine rings is 1. The fourth-order valence-electron chi connectivity index (χ4n) is 3.11. The Morgan fingerprint density at radius 2 is 2.17 bits per heavy atom. The van der Waals surface area contributed by atoms with Crippen molar-refractivity contribution in [2.45, 2.75) is 25.8 Å². The largest absolute Gasteiger partial charge is 0.371 e. The monoisotopic (exact) mass is 346 g/mol. The van der Waals surface area contributed by atoms with E-state index in [-0.39, 0.29) is 11.8 Å². The third kappa shape index (κ3) is 4.51. The molecule has 0 saturated carbocycles. The molecular formula is C18H23ClN4O. The highest BCUT2D eigenvalue weighted by Gasteiger charge is 2.24. The van der Waals surface area contributed by atoms with Gasteiger partial charge in [-0.15, -0.1) is 0 Å². The van der Waals surface area contributed by atoms with E-state index in [1.807, 2.05) is 29.0 Å². The lowest BCUT2D eigenvalue weighted by molar-refractivity contribution is -0.125. The zero-order valence-corrected chi connectivity index (χ0v) is 14.5. The minimum atomic E-state index is 0.119. The summed E-state index contributed by atoms with van der Waals surface area (Å²) in [6.45, 7) is 3.39. The molecule has 1 fully saturated rings. The maximum atomic E-state index is 12.3. The number of benzene rings is 1. The van der Waals surface area contributed by atoms with Crippen molar-refractivity contribution in [3.63, 3.8) is 0 Å². The summed E-state index contributed by atoms with van der Waals surface area (Å²) in [6, 6.07) is 7.91. The number of nitrogens with zero attached hydrogens (tertiary/aromatic N) is 3. The second-order valence-electron chi connectivity index (χ2n) is 6.19. The lowest BCUT2D eigenvalue weighted by Crippen LogP contribution is -2.40. The van der Waals surface area contributed by atoms with Gasteiger partial charge in [0.2, 0.25) is 5.91 Å². The highest BCUT2D eigenvalue weighted by Crippen LogP contribution is 2.25. The number of carbonyl (C=O) groups is 1. The molecule has 0 spiro atoms. The van der Waals surface area contributed by atoms with Gasteiger partial charge in [0.25, 0.3) is 0 Å². The van der Waals surface area contributed by atoms with Gasteiger partial charge in [0.15, 0.2) is 0 Å². The van der Waals surface area contributed by atoms with Gasteiger partial charge in [-0.25, -0.2) is 4.98 Å². The van der Waals surface area contributed by atoms with Crippen molar-refractivity contribution in [3.05, 3.63) is 48.0 Å². The Morgan fingerprint density at radius 1 is 1.33 bits per heavy atom. The van der Waals surface area contributed by atoms with Crippen LogP contribution in [0.4, 0.5) is 5.69 Å². The number of aryl methyl sites for hydroxylation is 1. The molecule has 2 aromatic rings. The van der Waals surface area contributed by atoms with Crippen LogP contribution in [-0.2, 0) is 11.3 Å². The molecule has 128 valence electrons. The molecule has 3 rings (SSSR count). The first-order chi connectivity index (χ1) is 11.7. The summed E-state index contributed by atoms with van der Waals surface area (Å²) < 4.78 is 2.02. The zero-order chi connectivity index (χ0) is 16.8. The first-order valence-corrected chi connectivity index (χ1v) is 8.84. The lowest BCUT2D eigenvalue weighted by atomic mass is 9.95. The van der Waals surface area contributed by atoms with E-state index in [1.54, 1.807) is 12.5 Å². The quantitative estimate of drug-likeness (QED) is 0.818. The minimum absolute atomic E-state index is 0.119. The van der Waals surface area contributed by atoms with Crippen LogP contribution in [0.15, 0.2) is 43.0 Å². The maximum Gasteiger partial charge on any atom is 0.223 e. The molecule has 24 heavy (non-hydrogen) atoms. The molecule has 1 aromatic carbocycles. The molecule has 0 atom stereocenters. The Kier molecular flexibility index (Phi) is 5.75. The smallest absolute Gasteiger partial charge is 0.223 e. The van der Waals surface area contributed by atoms with Gasteiger partial charge >= 0.3 is 0 Å². The topological polar surface area (TPSA) is 50.2 Å². The van der Waals surface area contributed by atoms with Crippen molar-refractivity contribution < 1.29 is 4.79 Å². The molecule has 0 unspecified atom stereocenters. The summed E-state index contributed by atoms with van der Waals surface area (Å²) in [5.74, 6) is 0.306. The van der Waals surface area contributed by atoms with Gasteiger partial charge in [-0.1, -0.05) is 17.7 Å². The fraction of sp³-hybridized carbons (Fsp3) is 0.444. The highest BCUT2D eigenvalue weighted by atomic mass is 35.5. The third-order valence-corrected chi connectivity index (χ3v) is 4.73. The summed E-state index contributed by atoms with van der Waals surface area (Å²) >= 11 is 6.05. The van der Waals surface area contributed by atoms with E-state index in [1.165, 1.54) is 0 Å². The highest BCUT2D eigenvalue weighted by molar-refractivity contribution is 6.30. The standard InChI is InChI=1S/C18H23ClN4O/c19-16-3-1-4-17(13-16)23-10-5-15(6-11-23)18(24)21-7-2-9-22-12-8-20-14-22/h1,3-4,8,12-15H,2,5-7,9-11H2,(H,21,24). The SMILES string of the molecule is O=C(NCCCn1ccnc1)C1CCN(c2cccc(Cl)c2)CC1. The van der Waals surface area contributed by atoms with Crippen molar-refractivity contribution in [1.82, 2.24) is 14.9 Å². The summed E-state index contributed by atoms with van der Waals surface area (Å²) in [5.41, 5.74) is 1.14. The van der Waals surface area contributed by atoms with Gasteiger partial charge in [-0.3, -0.25) is 4.79 Å². The molecule has 5 nitrogen and oxygen atoms in total. The van der Waals surface area contributed by atoms with E-state index in [9.17, 15) is 4.79 Å². The van der Waals surface area contributed by atoms with Gasteiger partial charge in [0.1, 0.15) is 0 Å². The van der Waals surface area contributed by atoms with E-state index < -0.39 is 0 Å². The molecule has 1 aromatic heterocycles. The predicted octanol–water partition coefficient (Wildman–Crippen LogP) is 2.96. The van der Waals surface area contributed by atoms with Gasteiger partial charge in [-0.05, 0) is 37.5 Å². The van der Waals surface area contributed by atoms with E-state index >= 15 is 0 Å². The second-order valence-corrected chi connectivity index (χ2v) is 6.62. The average Bonchev–Trinajstić information content (AvgIpc) is 3.12. The molecule has 1 aliphatic rings. The van der Waals surface area contributed by atoms with E-state index in [4.69, 9.17) is 11.6 Å². The van der Waals surface area contributed by atoms with Crippen LogP contribution in [0.3, 0.4) is 0 Å². The normalized spacial score (nSPS) is 15.5. The molecular weight excluding hydrogens is 324 g/mol. The van der Waals surface area contributed by atoms with Crippen LogP contribution in [0.5, 0.6) is 0 Å². The van der Waals surface area contributed by atoms with Gasteiger partial charge in [-0.2, -0.15) is 0 Å². The van der Waals surface area contributed by atoms with Crippen molar-refractivity contribution in [3.8, 4) is 0 Å². The Balaban J connectivity index is 1.38. The second kappa shape index (κ2) is 8.20. The molecule has 0 radical (unpaired) electrons. The Bertz CT molecular complexity index is 651. The van der Waals surface area contributed by atoms with E-state index in [0.29, 0.717) is 6.54 Å². The fourth-order valence-corrected chi connectivity index (χ4v) is 3.29. The van der Waals surface area contributed by atoms with Crippen molar-refractivity contribution in [2.75, 3.05) is 24.5 Å². The van der Waals surface area contributed by atoms with Crippen LogP contribution in [0.2, 0.25) is 5.02 Å². The molecule has 1 amide bonds. The van der Waals surface area contributed by atoms with Crippen molar-refractivity contribution in [2.24, 2.45) is 5.92 Å². The van der Waals surface area contributed by atoms with Crippen molar-refractivity contribution >= 4 is 23.2 Å². The van der Waals surface area contributed by atoms with Gasteiger partial charge in [0.05, 0.1) is 6.33 Å². The lowest BCUT2D eigenvalue weighted by Gasteiger charge is -2.33. The minimum Gasteiger partial charge on any atom is -0.371 e.